The average Bonchev–Trinajstić information content (AvgIpc) is 2.24. The molecular weight excluding hydrogens is 201 g/mol. The van der Waals surface area contributed by atoms with Crippen molar-refractivity contribution in [1.82, 2.24) is 0 Å². The first-order valence-corrected chi connectivity index (χ1v) is 6.22. The van der Waals surface area contributed by atoms with Crippen molar-refractivity contribution in [1.29, 1.82) is 0 Å². The molecule has 0 saturated heterocycles. The highest BCUT2D eigenvalue weighted by molar-refractivity contribution is 5.17. The second kappa shape index (κ2) is 7.39. The minimum atomic E-state index is -0.171. The standard InChI is InChI=1S/C14H22FN/c1-2-3-4-5-9-14(16)11-12-7-6-8-13(15)10-12/h6-8,10,14H,2-5,9,11,16H2,1H3. The molecule has 1 unspecified atom stereocenters. The van der Waals surface area contributed by atoms with Crippen LogP contribution in [0.2, 0.25) is 0 Å². The maximum atomic E-state index is 12.9. The molecule has 1 aromatic rings. The van der Waals surface area contributed by atoms with Crippen LogP contribution in [0.1, 0.15) is 44.6 Å². The van der Waals surface area contributed by atoms with Crippen LogP contribution < -0.4 is 5.73 Å². The third-order valence-corrected chi connectivity index (χ3v) is 2.82. The molecule has 0 heterocycles. The summed E-state index contributed by atoms with van der Waals surface area (Å²) in [6.07, 6.45) is 6.80. The molecular formula is C14H22FN. The average molecular weight is 223 g/mol. The molecule has 1 atom stereocenters. The molecule has 16 heavy (non-hydrogen) atoms. The molecule has 0 spiro atoms. The number of hydrogen-bond acceptors (Lipinski definition) is 1. The van der Waals surface area contributed by atoms with Crippen molar-refractivity contribution in [3.05, 3.63) is 35.6 Å². The van der Waals surface area contributed by atoms with Gasteiger partial charge in [0, 0.05) is 6.04 Å². The second-order valence-corrected chi connectivity index (χ2v) is 4.44. The van der Waals surface area contributed by atoms with Crippen LogP contribution in [-0.4, -0.2) is 6.04 Å². The quantitative estimate of drug-likeness (QED) is 0.701. The van der Waals surface area contributed by atoms with Gasteiger partial charge in [0.1, 0.15) is 5.82 Å². The molecule has 1 nitrogen and oxygen atoms in total. The molecule has 0 amide bonds. The van der Waals surface area contributed by atoms with Crippen molar-refractivity contribution in [2.24, 2.45) is 5.73 Å². The van der Waals surface area contributed by atoms with Crippen molar-refractivity contribution >= 4 is 0 Å². The van der Waals surface area contributed by atoms with E-state index >= 15 is 0 Å². The normalized spacial score (nSPS) is 12.7. The Morgan fingerprint density at radius 1 is 1.25 bits per heavy atom. The Morgan fingerprint density at radius 3 is 2.75 bits per heavy atom. The lowest BCUT2D eigenvalue weighted by Crippen LogP contribution is -2.22. The number of benzene rings is 1. The fraction of sp³-hybridized carbons (Fsp3) is 0.571. The summed E-state index contributed by atoms with van der Waals surface area (Å²) in [6.45, 7) is 2.20. The van der Waals surface area contributed by atoms with Gasteiger partial charge in [0.2, 0.25) is 0 Å². The molecule has 0 aliphatic carbocycles. The summed E-state index contributed by atoms with van der Waals surface area (Å²) in [7, 11) is 0. The molecule has 90 valence electrons. The van der Waals surface area contributed by atoms with Crippen LogP contribution in [-0.2, 0) is 6.42 Å². The monoisotopic (exact) mass is 223 g/mol. The number of rotatable bonds is 7. The smallest absolute Gasteiger partial charge is 0.123 e. The molecule has 0 saturated carbocycles. The van der Waals surface area contributed by atoms with Gasteiger partial charge in [0.05, 0.1) is 0 Å². The highest BCUT2D eigenvalue weighted by Crippen LogP contribution is 2.10. The van der Waals surface area contributed by atoms with E-state index in [1.807, 2.05) is 6.07 Å². The highest BCUT2D eigenvalue weighted by Gasteiger charge is 2.04. The highest BCUT2D eigenvalue weighted by atomic mass is 19.1. The number of nitrogens with two attached hydrogens (primary N) is 1. The van der Waals surface area contributed by atoms with Crippen LogP contribution in [0, 0.1) is 5.82 Å². The van der Waals surface area contributed by atoms with Crippen LogP contribution in [0.3, 0.4) is 0 Å². The maximum absolute atomic E-state index is 12.9. The van der Waals surface area contributed by atoms with E-state index in [4.69, 9.17) is 5.73 Å². The van der Waals surface area contributed by atoms with Crippen LogP contribution in [0.15, 0.2) is 24.3 Å². The Morgan fingerprint density at radius 2 is 2.06 bits per heavy atom. The fourth-order valence-corrected chi connectivity index (χ4v) is 1.90. The molecule has 0 radical (unpaired) electrons. The zero-order valence-electron chi connectivity index (χ0n) is 10.1. The molecule has 1 aromatic carbocycles. The van der Waals surface area contributed by atoms with Crippen molar-refractivity contribution < 1.29 is 4.39 Å². The van der Waals surface area contributed by atoms with Gasteiger partial charge in [-0.05, 0) is 30.5 Å². The summed E-state index contributed by atoms with van der Waals surface area (Å²) < 4.78 is 12.9. The van der Waals surface area contributed by atoms with Crippen molar-refractivity contribution in [3.63, 3.8) is 0 Å². The Bertz CT molecular complexity index is 299. The van der Waals surface area contributed by atoms with E-state index in [2.05, 4.69) is 6.92 Å². The van der Waals surface area contributed by atoms with Crippen LogP contribution >= 0.6 is 0 Å². The zero-order valence-corrected chi connectivity index (χ0v) is 10.1. The molecule has 0 bridgehead atoms. The molecule has 2 heteroatoms. The first-order valence-electron chi connectivity index (χ1n) is 6.22. The lowest BCUT2D eigenvalue weighted by atomic mass is 10.0. The van der Waals surface area contributed by atoms with Gasteiger partial charge in [-0.3, -0.25) is 0 Å². The van der Waals surface area contributed by atoms with Gasteiger partial charge in [0.25, 0.3) is 0 Å². The first-order chi connectivity index (χ1) is 7.72. The van der Waals surface area contributed by atoms with Gasteiger partial charge in [-0.15, -0.1) is 0 Å². The summed E-state index contributed by atoms with van der Waals surface area (Å²) in [6, 6.07) is 6.89. The Kier molecular flexibility index (Phi) is 6.09. The molecule has 2 N–H and O–H groups in total. The fourth-order valence-electron chi connectivity index (χ4n) is 1.90. The summed E-state index contributed by atoms with van der Waals surface area (Å²) in [5.74, 6) is -0.171. The largest absolute Gasteiger partial charge is 0.327 e. The van der Waals surface area contributed by atoms with Gasteiger partial charge in [-0.1, -0.05) is 44.7 Å². The van der Waals surface area contributed by atoms with Crippen molar-refractivity contribution in [2.75, 3.05) is 0 Å². The third kappa shape index (κ3) is 5.26. The summed E-state index contributed by atoms with van der Waals surface area (Å²) in [5.41, 5.74) is 7.02. The Hall–Kier alpha value is -0.890. The number of hydrogen-bond donors (Lipinski definition) is 1. The van der Waals surface area contributed by atoms with Gasteiger partial charge in [-0.2, -0.15) is 0 Å². The number of unbranched alkanes of at least 4 members (excludes halogenated alkanes) is 3. The van der Waals surface area contributed by atoms with E-state index in [1.165, 1.54) is 31.7 Å². The third-order valence-electron chi connectivity index (χ3n) is 2.82. The van der Waals surface area contributed by atoms with E-state index in [-0.39, 0.29) is 11.9 Å². The van der Waals surface area contributed by atoms with Gasteiger partial charge in [0.15, 0.2) is 0 Å². The van der Waals surface area contributed by atoms with Crippen molar-refractivity contribution in [3.8, 4) is 0 Å². The minimum absolute atomic E-state index is 0.165. The molecule has 0 fully saturated rings. The first kappa shape index (κ1) is 13.2. The van der Waals surface area contributed by atoms with E-state index < -0.39 is 0 Å². The van der Waals surface area contributed by atoms with Crippen LogP contribution in [0.4, 0.5) is 4.39 Å². The molecule has 1 rings (SSSR count). The topological polar surface area (TPSA) is 26.0 Å². The molecule has 0 aliphatic rings. The minimum Gasteiger partial charge on any atom is -0.327 e. The molecule has 0 aliphatic heterocycles. The van der Waals surface area contributed by atoms with Gasteiger partial charge in [-0.25, -0.2) is 4.39 Å². The second-order valence-electron chi connectivity index (χ2n) is 4.44. The van der Waals surface area contributed by atoms with Gasteiger partial charge < -0.3 is 5.73 Å². The Labute approximate surface area is 97.9 Å². The SMILES string of the molecule is CCCCCCC(N)Cc1cccc(F)c1. The van der Waals surface area contributed by atoms with E-state index in [0.717, 1.165) is 18.4 Å². The summed E-state index contributed by atoms with van der Waals surface area (Å²) in [4.78, 5) is 0. The summed E-state index contributed by atoms with van der Waals surface area (Å²) in [5, 5.41) is 0. The predicted molar refractivity (Wildman–Crippen MR) is 66.8 cm³/mol. The lowest BCUT2D eigenvalue weighted by Gasteiger charge is -2.11. The number of halogens is 1. The summed E-state index contributed by atoms with van der Waals surface area (Å²) >= 11 is 0. The van der Waals surface area contributed by atoms with Crippen LogP contribution in [0.5, 0.6) is 0 Å². The van der Waals surface area contributed by atoms with Crippen molar-refractivity contribution in [2.45, 2.75) is 51.5 Å². The van der Waals surface area contributed by atoms with Gasteiger partial charge >= 0.3 is 0 Å². The predicted octanol–water partition coefficient (Wildman–Crippen LogP) is 3.67. The maximum Gasteiger partial charge on any atom is 0.123 e. The molecule has 0 aromatic heterocycles. The Balaban J connectivity index is 2.25. The lowest BCUT2D eigenvalue weighted by molar-refractivity contribution is 0.544. The van der Waals surface area contributed by atoms with Crippen LogP contribution in [0.25, 0.3) is 0 Å². The van der Waals surface area contributed by atoms with E-state index in [9.17, 15) is 4.39 Å². The van der Waals surface area contributed by atoms with E-state index in [1.54, 1.807) is 12.1 Å². The zero-order chi connectivity index (χ0) is 11.8. The van der Waals surface area contributed by atoms with E-state index in [0.29, 0.717) is 0 Å².